The van der Waals surface area contributed by atoms with E-state index in [0.29, 0.717) is 5.92 Å². The maximum absolute atomic E-state index is 5.41. The van der Waals surface area contributed by atoms with Crippen LogP contribution in [0.5, 0.6) is 0 Å². The first-order valence-corrected chi connectivity index (χ1v) is 7.77. The topological polar surface area (TPSA) is 33.6 Å². The van der Waals surface area contributed by atoms with Gasteiger partial charge in [-0.05, 0) is 17.8 Å². The third kappa shape index (κ3) is 2.59. The molecule has 0 aliphatic rings. The molecular formula is C15H15N3S2. The van der Waals surface area contributed by atoms with Gasteiger partial charge in [-0.2, -0.15) is 0 Å². The zero-order valence-electron chi connectivity index (χ0n) is 11.1. The van der Waals surface area contributed by atoms with E-state index in [9.17, 15) is 0 Å². The average molecular weight is 301 g/mol. The van der Waals surface area contributed by atoms with Crippen molar-refractivity contribution in [2.24, 2.45) is 0 Å². The molecule has 20 heavy (non-hydrogen) atoms. The van der Waals surface area contributed by atoms with Crippen molar-refractivity contribution in [2.45, 2.75) is 19.4 Å². The molecule has 0 aliphatic carbocycles. The first-order chi connectivity index (χ1) is 9.75. The number of aromatic nitrogens is 3. The van der Waals surface area contributed by atoms with Crippen molar-refractivity contribution in [1.29, 1.82) is 0 Å². The summed E-state index contributed by atoms with van der Waals surface area (Å²) in [5.74, 6) is 0.347. The Balaban J connectivity index is 1.94. The van der Waals surface area contributed by atoms with E-state index in [1.54, 1.807) is 11.3 Å². The first-order valence-electron chi connectivity index (χ1n) is 6.48. The largest absolute Gasteiger partial charge is 0.337 e. The molecule has 3 aromatic rings. The Hall–Kier alpha value is -1.72. The van der Waals surface area contributed by atoms with Crippen LogP contribution in [-0.4, -0.2) is 14.5 Å². The SMILES string of the molecule is CC(Cn1c(-c2ccccc2)c[nH]c1=S)c1nccs1. The molecule has 1 atom stereocenters. The number of H-pyrrole nitrogens is 1. The minimum Gasteiger partial charge on any atom is -0.337 e. The van der Waals surface area contributed by atoms with Crippen LogP contribution >= 0.6 is 23.6 Å². The fraction of sp³-hybridized carbons (Fsp3) is 0.200. The third-order valence-electron chi connectivity index (χ3n) is 3.27. The molecule has 2 aromatic heterocycles. The van der Waals surface area contributed by atoms with Crippen LogP contribution in [-0.2, 0) is 6.54 Å². The van der Waals surface area contributed by atoms with Crippen LogP contribution < -0.4 is 0 Å². The van der Waals surface area contributed by atoms with Crippen molar-refractivity contribution >= 4 is 23.6 Å². The molecule has 0 saturated carbocycles. The molecule has 0 saturated heterocycles. The van der Waals surface area contributed by atoms with Gasteiger partial charge in [0.25, 0.3) is 0 Å². The molecule has 1 unspecified atom stereocenters. The van der Waals surface area contributed by atoms with Gasteiger partial charge in [0.2, 0.25) is 0 Å². The Morgan fingerprint density at radius 2 is 2.15 bits per heavy atom. The highest BCUT2D eigenvalue weighted by Gasteiger charge is 2.13. The summed E-state index contributed by atoms with van der Waals surface area (Å²) in [4.78, 5) is 7.54. The van der Waals surface area contributed by atoms with Gasteiger partial charge in [0, 0.05) is 30.2 Å². The lowest BCUT2D eigenvalue weighted by molar-refractivity contribution is 0.593. The van der Waals surface area contributed by atoms with Gasteiger partial charge in [0.1, 0.15) is 0 Å². The Kier molecular flexibility index (Phi) is 3.80. The maximum atomic E-state index is 5.41. The van der Waals surface area contributed by atoms with Crippen LogP contribution in [0.1, 0.15) is 17.8 Å². The summed E-state index contributed by atoms with van der Waals surface area (Å²) in [7, 11) is 0. The second-order valence-electron chi connectivity index (χ2n) is 4.73. The van der Waals surface area contributed by atoms with E-state index < -0.39 is 0 Å². The van der Waals surface area contributed by atoms with Crippen LogP contribution in [0.15, 0.2) is 48.1 Å². The van der Waals surface area contributed by atoms with E-state index in [1.165, 1.54) is 5.56 Å². The number of nitrogens with zero attached hydrogens (tertiary/aromatic N) is 2. The van der Waals surface area contributed by atoms with E-state index in [-0.39, 0.29) is 0 Å². The van der Waals surface area contributed by atoms with Gasteiger partial charge in [0.15, 0.2) is 4.77 Å². The van der Waals surface area contributed by atoms with E-state index in [4.69, 9.17) is 12.2 Å². The number of benzene rings is 1. The molecule has 2 heterocycles. The van der Waals surface area contributed by atoms with Crippen LogP contribution in [0.2, 0.25) is 0 Å². The molecule has 5 heteroatoms. The lowest BCUT2D eigenvalue weighted by atomic mass is 10.1. The molecule has 3 nitrogen and oxygen atoms in total. The Bertz CT molecular complexity index is 726. The zero-order valence-corrected chi connectivity index (χ0v) is 12.7. The van der Waals surface area contributed by atoms with Crippen LogP contribution in [0, 0.1) is 4.77 Å². The summed E-state index contributed by atoms with van der Waals surface area (Å²) in [5, 5.41) is 3.16. The molecular weight excluding hydrogens is 286 g/mol. The molecule has 1 aromatic carbocycles. The summed E-state index contributed by atoms with van der Waals surface area (Å²) in [6.45, 7) is 3.02. The summed E-state index contributed by atoms with van der Waals surface area (Å²) in [5.41, 5.74) is 2.30. The number of hydrogen-bond acceptors (Lipinski definition) is 3. The lowest BCUT2D eigenvalue weighted by Gasteiger charge is -2.13. The van der Waals surface area contributed by atoms with Crippen molar-refractivity contribution < 1.29 is 0 Å². The van der Waals surface area contributed by atoms with Crippen molar-refractivity contribution in [1.82, 2.24) is 14.5 Å². The number of aromatic amines is 1. The van der Waals surface area contributed by atoms with E-state index in [0.717, 1.165) is 22.0 Å². The van der Waals surface area contributed by atoms with Crippen LogP contribution in [0.25, 0.3) is 11.3 Å². The second kappa shape index (κ2) is 5.73. The molecule has 0 spiro atoms. The first kappa shape index (κ1) is 13.3. The fourth-order valence-corrected chi connectivity index (χ4v) is 3.18. The van der Waals surface area contributed by atoms with E-state index >= 15 is 0 Å². The normalized spacial score (nSPS) is 12.4. The highest BCUT2D eigenvalue weighted by atomic mass is 32.1. The smallest absolute Gasteiger partial charge is 0.177 e. The summed E-state index contributed by atoms with van der Waals surface area (Å²) in [6, 6.07) is 10.3. The minimum atomic E-state index is 0.347. The number of hydrogen-bond donors (Lipinski definition) is 1. The van der Waals surface area contributed by atoms with Gasteiger partial charge < -0.3 is 9.55 Å². The zero-order chi connectivity index (χ0) is 13.9. The Morgan fingerprint density at radius 1 is 1.35 bits per heavy atom. The Morgan fingerprint density at radius 3 is 2.85 bits per heavy atom. The van der Waals surface area contributed by atoms with Crippen molar-refractivity contribution in [3.05, 3.63) is 57.9 Å². The Labute approximate surface area is 126 Å². The van der Waals surface area contributed by atoms with Gasteiger partial charge in [-0.25, -0.2) is 4.98 Å². The quantitative estimate of drug-likeness (QED) is 0.721. The molecule has 102 valence electrons. The van der Waals surface area contributed by atoms with Gasteiger partial charge in [-0.15, -0.1) is 11.3 Å². The van der Waals surface area contributed by atoms with Crippen molar-refractivity contribution in [2.75, 3.05) is 0 Å². The van der Waals surface area contributed by atoms with Gasteiger partial charge in [-0.1, -0.05) is 37.3 Å². The fourth-order valence-electron chi connectivity index (χ4n) is 2.25. The van der Waals surface area contributed by atoms with Gasteiger partial charge >= 0.3 is 0 Å². The standard InChI is InChI=1S/C15H15N3S2/c1-11(14-16-7-8-20-14)10-18-13(9-17-15(18)19)12-5-3-2-4-6-12/h2-9,11H,10H2,1H3,(H,17,19). The van der Waals surface area contributed by atoms with E-state index in [1.807, 2.05) is 36.0 Å². The molecule has 0 fully saturated rings. The molecule has 0 bridgehead atoms. The minimum absolute atomic E-state index is 0.347. The summed E-state index contributed by atoms with van der Waals surface area (Å²) in [6.07, 6.45) is 3.83. The van der Waals surface area contributed by atoms with Crippen LogP contribution in [0.3, 0.4) is 0 Å². The predicted octanol–water partition coefficient (Wildman–Crippen LogP) is 4.47. The van der Waals surface area contributed by atoms with Crippen LogP contribution in [0.4, 0.5) is 0 Å². The highest BCUT2D eigenvalue weighted by Crippen LogP contribution is 2.24. The number of thiazole rings is 1. The molecule has 3 rings (SSSR count). The molecule has 0 amide bonds. The molecule has 1 N–H and O–H groups in total. The number of rotatable bonds is 4. The average Bonchev–Trinajstić information content (AvgIpc) is 3.11. The monoisotopic (exact) mass is 301 g/mol. The van der Waals surface area contributed by atoms with Gasteiger partial charge in [-0.3, -0.25) is 0 Å². The molecule has 0 aliphatic heterocycles. The van der Waals surface area contributed by atoms with E-state index in [2.05, 4.69) is 33.6 Å². The molecule has 0 radical (unpaired) electrons. The predicted molar refractivity (Wildman–Crippen MR) is 85.6 cm³/mol. The summed E-state index contributed by atoms with van der Waals surface area (Å²) < 4.78 is 2.91. The van der Waals surface area contributed by atoms with Crippen molar-refractivity contribution in [3.8, 4) is 11.3 Å². The number of nitrogens with one attached hydrogen (secondary N) is 1. The maximum Gasteiger partial charge on any atom is 0.177 e. The van der Waals surface area contributed by atoms with Gasteiger partial charge in [0.05, 0.1) is 10.7 Å². The highest BCUT2D eigenvalue weighted by molar-refractivity contribution is 7.71. The second-order valence-corrected chi connectivity index (χ2v) is 6.04. The number of imidazole rings is 1. The third-order valence-corrected chi connectivity index (χ3v) is 4.61. The van der Waals surface area contributed by atoms with Crippen molar-refractivity contribution in [3.63, 3.8) is 0 Å². The lowest BCUT2D eigenvalue weighted by Crippen LogP contribution is -2.07. The summed E-state index contributed by atoms with van der Waals surface area (Å²) >= 11 is 7.10.